The smallest absolute Gasteiger partial charge is 0.270 e. The summed E-state index contributed by atoms with van der Waals surface area (Å²) in [5.74, 6) is -0.646. The number of nitrogens with one attached hydrogen (secondary N) is 1. The first kappa shape index (κ1) is 28.9. The van der Waals surface area contributed by atoms with Crippen LogP contribution in [-0.4, -0.2) is 77.1 Å². The Morgan fingerprint density at radius 3 is 2.49 bits per heavy atom. The summed E-state index contributed by atoms with van der Waals surface area (Å²) < 4.78 is 46.9. The monoisotopic (exact) mass is 630 g/mol. The summed E-state index contributed by atoms with van der Waals surface area (Å²) in [6.07, 6.45) is 10.4. The number of piperidine rings is 1. The molecule has 3 aliphatic heterocycles. The van der Waals surface area contributed by atoms with Crippen LogP contribution in [0.1, 0.15) is 37.3 Å². The Balaban J connectivity index is 1.24. The van der Waals surface area contributed by atoms with Crippen molar-refractivity contribution in [1.29, 1.82) is 0 Å². The lowest BCUT2D eigenvalue weighted by Crippen LogP contribution is -2.48. The molecule has 2 unspecified atom stereocenters. The molecule has 3 N–H and O–H groups in total. The Hall–Kier alpha value is -4.85. The van der Waals surface area contributed by atoms with Gasteiger partial charge in [-0.1, -0.05) is 6.07 Å². The second-order valence-corrected chi connectivity index (χ2v) is 13.5. The summed E-state index contributed by atoms with van der Waals surface area (Å²) >= 11 is 0. The number of sulfone groups is 1. The molecule has 2 saturated heterocycles. The van der Waals surface area contributed by atoms with Crippen molar-refractivity contribution < 1.29 is 22.3 Å². The molecule has 6 heterocycles. The van der Waals surface area contributed by atoms with Gasteiger partial charge in [0.05, 0.1) is 37.6 Å². The van der Waals surface area contributed by atoms with Crippen molar-refractivity contribution in [1.82, 2.24) is 29.8 Å². The maximum atomic E-state index is 14.3. The molecular weight excluding hydrogens is 599 g/mol. The van der Waals surface area contributed by atoms with Crippen LogP contribution in [0.15, 0.2) is 64.4 Å². The molecule has 1 amide bonds. The van der Waals surface area contributed by atoms with Crippen LogP contribution < -0.4 is 15.8 Å². The van der Waals surface area contributed by atoms with E-state index in [1.165, 1.54) is 24.0 Å². The first-order valence-electron chi connectivity index (χ1n) is 14.6. The van der Waals surface area contributed by atoms with Gasteiger partial charge in [-0.3, -0.25) is 14.8 Å². The van der Waals surface area contributed by atoms with Crippen LogP contribution in [0, 0.1) is 5.82 Å². The largest absolute Gasteiger partial charge is 0.494 e. The quantitative estimate of drug-likeness (QED) is 0.326. The number of hydrogen-bond donors (Lipinski definition) is 2. The summed E-state index contributed by atoms with van der Waals surface area (Å²) in [6.45, 7) is 0.451. The first-order valence-corrected chi connectivity index (χ1v) is 16.5. The number of fused-ring (bicyclic) bond motifs is 3. The van der Waals surface area contributed by atoms with Gasteiger partial charge in [0.15, 0.2) is 27.1 Å². The molecule has 45 heavy (non-hydrogen) atoms. The molecule has 3 aliphatic rings. The Kier molecular flexibility index (Phi) is 7.03. The minimum atomic E-state index is -3.78. The molecule has 0 spiro atoms. The zero-order valence-corrected chi connectivity index (χ0v) is 25.5. The van der Waals surface area contributed by atoms with Crippen LogP contribution in [0.3, 0.4) is 0 Å². The second kappa shape index (κ2) is 10.9. The van der Waals surface area contributed by atoms with E-state index >= 15 is 0 Å². The molecule has 2 atom stereocenters. The number of amides is 1. The summed E-state index contributed by atoms with van der Waals surface area (Å²) in [7, 11) is -2.37. The van der Waals surface area contributed by atoms with Crippen LogP contribution >= 0.6 is 0 Å². The van der Waals surface area contributed by atoms with Crippen molar-refractivity contribution >= 4 is 33.5 Å². The molecule has 4 aromatic rings. The fourth-order valence-corrected chi connectivity index (χ4v) is 7.88. The second-order valence-electron chi connectivity index (χ2n) is 11.6. The molecule has 232 valence electrons. The molecule has 3 aromatic heterocycles. The van der Waals surface area contributed by atoms with E-state index in [2.05, 4.69) is 20.4 Å². The highest BCUT2D eigenvalue weighted by molar-refractivity contribution is 7.91. The lowest BCUT2D eigenvalue weighted by Gasteiger charge is -2.39. The van der Waals surface area contributed by atoms with Crippen LogP contribution in [0.5, 0.6) is 5.75 Å². The maximum Gasteiger partial charge on any atom is 0.270 e. The van der Waals surface area contributed by atoms with Gasteiger partial charge >= 0.3 is 0 Å². The first-order chi connectivity index (χ1) is 21.6. The van der Waals surface area contributed by atoms with Gasteiger partial charge in [0, 0.05) is 47.1 Å². The number of pyridine rings is 1. The number of rotatable bonds is 6. The topological polar surface area (TPSA) is 157 Å². The van der Waals surface area contributed by atoms with Crippen LogP contribution in [0.25, 0.3) is 28.0 Å². The molecule has 14 heteroatoms. The van der Waals surface area contributed by atoms with E-state index in [0.29, 0.717) is 58.8 Å². The Morgan fingerprint density at radius 2 is 1.87 bits per heavy atom. The fourth-order valence-electron chi connectivity index (χ4n) is 6.82. The van der Waals surface area contributed by atoms with Crippen molar-refractivity contribution in [2.45, 2.75) is 48.6 Å². The number of aromatic nitrogens is 4. The molecule has 0 radical (unpaired) electrons. The summed E-state index contributed by atoms with van der Waals surface area (Å²) in [5, 5.41) is 7.35. The number of aliphatic imine (C=N–C) groups is 1. The summed E-state index contributed by atoms with van der Waals surface area (Å²) in [4.78, 5) is 28.9. The lowest BCUT2D eigenvalue weighted by molar-refractivity contribution is -0.131. The standard InChI is InChI=1S/C31H31FN8O4S/c1-44-26-8-4-17(13-23(26)32)24-7-3-18(14-35-24)22-15-37-40-29(33)28(45(2,42)43)27(38-30(22)40)19-11-20-5-6-21(12-19)39(20)31(41)25-9-10-34-16-36-25/h3-4,7-9,13-16,19-21H,5-6,10-12,33H2,1-2H3,(H,34,36). The van der Waals surface area contributed by atoms with E-state index in [-0.39, 0.29) is 40.4 Å². The summed E-state index contributed by atoms with van der Waals surface area (Å²) in [5.41, 5.74) is 10.3. The van der Waals surface area contributed by atoms with Gasteiger partial charge in [0.1, 0.15) is 16.4 Å². The van der Waals surface area contributed by atoms with Gasteiger partial charge < -0.3 is 20.7 Å². The lowest BCUT2D eigenvalue weighted by atomic mass is 9.87. The molecule has 0 saturated carbocycles. The van der Waals surface area contributed by atoms with Crippen LogP contribution in [0.4, 0.5) is 10.2 Å². The number of methoxy groups -OCH3 is 1. The predicted octanol–water partition coefficient (Wildman–Crippen LogP) is 3.34. The highest BCUT2D eigenvalue weighted by Gasteiger charge is 2.46. The van der Waals surface area contributed by atoms with E-state index in [0.717, 1.165) is 19.1 Å². The van der Waals surface area contributed by atoms with Gasteiger partial charge in [-0.15, -0.1) is 0 Å². The van der Waals surface area contributed by atoms with E-state index in [1.807, 2.05) is 11.0 Å². The number of halogens is 1. The Labute approximate surface area is 258 Å². The highest BCUT2D eigenvalue weighted by Crippen LogP contribution is 2.45. The number of benzene rings is 1. The number of nitrogens with two attached hydrogens (primary N) is 1. The van der Waals surface area contributed by atoms with Gasteiger partial charge in [0.25, 0.3) is 5.91 Å². The zero-order chi connectivity index (χ0) is 31.5. The average Bonchev–Trinajstić information content (AvgIpc) is 3.58. The number of hydrogen-bond acceptors (Lipinski definition) is 10. The van der Waals surface area contributed by atoms with Gasteiger partial charge in [-0.05, 0) is 56.0 Å². The number of nitrogens with zero attached hydrogens (tertiary/aromatic N) is 6. The van der Waals surface area contributed by atoms with Crippen molar-refractivity contribution in [3.63, 3.8) is 0 Å². The van der Waals surface area contributed by atoms with Crippen molar-refractivity contribution in [3.05, 3.63) is 66.0 Å². The SMILES string of the molecule is COc1ccc(-c2ccc(-c3cnn4c(N)c(S(C)(=O)=O)c(C5CC6CCC(C5)N6C(=O)C5=CCN=CN5)nc34)cn2)cc1F. The minimum absolute atomic E-state index is 0.0104. The van der Waals surface area contributed by atoms with Crippen LogP contribution in [-0.2, 0) is 14.6 Å². The van der Waals surface area contributed by atoms with Gasteiger partial charge in [0.2, 0.25) is 0 Å². The van der Waals surface area contributed by atoms with E-state index in [4.69, 9.17) is 15.5 Å². The third-order valence-corrected chi connectivity index (χ3v) is 10.0. The van der Waals surface area contributed by atoms with E-state index in [9.17, 15) is 17.6 Å². The molecule has 2 bridgehead atoms. The number of carbonyl (C=O) groups is 1. The van der Waals surface area contributed by atoms with E-state index in [1.54, 1.807) is 36.7 Å². The van der Waals surface area contributed by atoms with Crippen molar-refractivity contribution in [2.75, 3.05) is 25.6 Å². The number of ether oxygens (including phenoxy) is 1. The number of nitrogen functional groups attached to an aromatic ring is 1. The van der Waals surface area contributed by atoms with Crippen LogP contribution in [0.2, 0.25) is 0 Å². The number of carbonyl (C=O) groups excluding carboxylic acids is 1. The maximum absolute atomic E-state index is 14.3. The average molecular weight is 631 g/mol. The third kappa shape index (κ3) is 4.98. The molecule has 7 rings (SSSR count). The van der Waals surface area contributed by atoms with Gasteiger partial charge in [-0.25, -0.2) is 17.8 Å². The Bertz CT molecular complexity index is 1990. The van der Waals surface area contributed by atoms with Gasteiger partial charge in [-0.2, -0.15) is 9.61 Å². The Morgan fingerprint density at radius 1 is 1.11 bits per heavy atom. The fraction of sp³-hybridized carbons (Fsp3) is 0.323. The van der Waals surface area contributed by atoms with Crippen molar-refractivity contribution in [2.24, 2.45) is 4.99 Å². The zero-order valence-electron chi connectivity index (χ0n) is 24.6. The molecule has 0 aliphatic carbocycles. The minimum Gasteiger partial charge on any atom is -0.494 e. The normalized spacial score (nSPS) is 21.1. The third-order valence-electron chi connectivity index (χ3n) is 8.85. The van der Waals surface area contributed by atoms with E-state index < -0.39 is 15.7 Å². The molecule has 1 aromatic carbocycles. The molecular formula is C31H31FN8O4S. The molecule has 2 fully saturated rings. The van der Waals surface area contributed by atoms with Crippen molar-refractivity contribution in [3.8, 4) is 28.1 Å². The number of anilines is 1. The predicted molar refractivity (Wildman–Crippen MR) is 166 cm³/mol. The molecule has 12 nitrogen and oxygen atoms in total. The summed E-state index contributed by atoms with van der Waals surface area (Å²) in [6, 6.07) is 8.11. The highest BCUT2D eigenvalue weighted by atomic mass is 32.2.